The summed E-state index contributed by atoms with van der Waals surface area (Å²) in [6, 6.07) is 9.09. The summed E-state index contributed by atoms with van der Waals surface area (Å²) < 4.78 is 10.4. The summed E-state index contributed by atoms with van der Waals surface area (Å²) in [5.41, 5.74) is 0.899. The van der Waals surface area contributed by atoms with Crippen molar-refractivity contribution in [3.05, 3.63) is 46.2 Å². The standard InChI is InChI=1S/C18H22N2O4S/c1-23-14-9-13(10-15(11-14)24-2)12-20-17(21)6-3-7-19-18(22)16-5-4-8-25-16/h4-5,8-11H,3,6-7,12H2,1-2H3,(H,19,22)(H,20,21). The van der Waals surface area contributed by atoms with Gasteiger partial charge < -0.3 is 20.1 Å². The highest BCUT2D eigenvalue weighted by atomic mass is 32.1. The van der Waals surface area contributed by atoms with Crippen LogP contribution in [0.2, 0.25) is 0 Å². The molecule has 2 amide bonds. The maximum Gasteiger partial charge on any atom is 0.261 e. The number of methoxy groups -OCH3 is 2. The zero-order valence-corrected chi connectivity index (χ0v) is 15.2. The van der Waals surface area contributed by atoms with E-state index in [9.17, 15) is 9.59 Å². The van der Waals surface area contributed by atoms with Crippen LogP contribution in [0.4, 0.5) is 0 Å². The van der Waals surface area contributed by atoms with E-state index in [1.54, 1.807) is 26.4 Å². The van der Waals surface area contributed by atoms with Crippen molar-refractivity contribution in [2.75, 3.05) is 20.8 Å². The first-order valence-corrected chi connectivity index (χ1v) is 8.80. The Morgan fingerprint density at radius 3 is 2.40 bits per heavy atom. The second kappa shape index (κ2) is 9.68. The predicted molar refractivity (Wildman–Crippen MR) is 97.3 cm³/mol. The molecule has 6 nitrogen and oxygen atoms in total. The van der Waals surface area contributed by atoms with Crippen LogP contribution in [0.25, 0.3) is 0 Å². The summed E-state index contributed by atoms with van der Waals surface area (Å²) >= 11 is 1.40. The Morgan fingerprint density at radius 2 is 1.80 bits per heavy atom. The Bertz CT molecular complexity index is 679. The van der Waals surface area contributed by atoms with Gasteiger partial charge in [-0.1, -0.05) is 6.07 Å². The lowest BCUT2D eigenvalue weighted by molar-refractivity contribution is -0.121. The minimum absolute atomic E-state index is 0.0628. The van der Waals surface area contributed by atoms with Crippen LogP contribution in [-0.4, -0.2) is 32.6 Å². The molecule has 0 saturated carbocycles. The number of benzene rings is 1. The van der Waals surface area contributed by atoms with Gasteiger partial charge in [-0.3, -0.25) is 9.59 Å². The molecule has 0 atom stereocenters. The summed E-state index contributed by atoms with van der Waals surface area (Å²) in [6.07, 6.45) is 0.941. The molecule has 0 saturated heterocycles. The quantitative estimate of drug-likeness (QED) is 0.672. The normalized spacial score (nSPS) is 10.2. The molecule has 0 radical (unpaired) electrons. The molecule has 134 valence electrons. The SMILES string of the molecule is COc1cc(CNC(=O)CCCNC(=O)c2cccs2)cc(OC)c1. The third-order valence-electron chi connectivity index (χ3n) is 3.51. The van der Waals surface area contributed by atoms with Crippen molar-refractivity contribution < 1.29 is 19.1 Å². The van der Waals surface area contributed by atoms with Gasteiger partial charge in [0.2, 0.25) is 5.91 Å². The lowest BCUT2D eigenvalue weighted by Crippen LogP contribution is -2.26. The molecule has 2 rings (SSSR count). The Balaban J connectivity index is 1.69. The van der Waals surface area contributed by atoms with Gasteiger partial charge in [0.25, 0.3) is 5.91 Å². The smallest absolute Gasteiger partial charge is 0.261 e. The van der Waals surface area contributed by atoms with E-state index in [0.29, 0.717) is 42.3 Å². The van der Waals surface area contributed by atoms with E-state index in [1.807, 2.05) is 23.6 Å². The molecule has 2 aromatic rings. The van der Waals surface area contributed by atoms with Crippen LogP contribution in [-0.2, 0) is 11.3 Å². The number of hydrogen-bond acceptors (Lipinski definition) is 5. The number of nitrogens with one attached hydrogen (secondary N) is 2. The second-order valence-corrected chi connectivity index (χ2v) is 6.28. The maximum atomic E-state index is 11.9. The first kappa shape index (κ1) is 18.8. The minimum Gasteiger partial charge on any atom is -0.497 e. The van der Waals surface area contributed by atoms with E-state index in [2.05, 4.69) is 10.6 Å². The molecular formula is C18H22N2O4S. The van der Waals surface area contributed by atoms with Gasteiger partial charge in [0.1, 0.15) is 11.5 Å². The Kier molecular flexibility index (Phi) is 7.28. The second-order valence-electron chi connectivity index (χ2n) is 5.33. The number of rotatable bonds is 9. The van der Waals surface area contributed by atoms with Crippen LogP contribution < -0.4 is 20.1 Å². The van der Waals surface area contributed by atoms with E-state index in [4.69, 9.17) is 9.47 Å². The lowest BCUT2D eigenvalue weighted by atomic mass is 10.2. The summed E-state index contributed by atoms with van der Waals surface area (Å²) in [6.45, 7) is 0.866. The molecule has 2 N–H and O–H groups in total. The molecule has 0 unspecified atom stereocenters. The van der Waals surface area contributed by atoms with Crippen LogP contribution >= 0.6 is 11.3 Å². The van der Waals surface area contributed by atoms with Gasteiger partial charge in [0, 0.05) is 25.6 Å². The number of amides is 2. The third-order valence-corrected chi connectivity index (χ3v) is 4.38. The van der Waals surface area contributed by atoms with E-state index < -0.39 is 0 Å². The number of carbonyl (C=O) groups excluding carboxylic acids is 2. The fraction of sp³-hybridized carbons (Fsp3) is 0.333. The third kappa shape index (κ3) is 6.11. The van der Waals surface area contributed by atoms with Crippen LogP contribution in [0.3, 0.4) is 0 Å². The van der Waals surface area contributed by atoms with Gasteiger partial charge >= 0.3 is 0 Å². The van der Waals surface area contributed by atoms with Crippen LogP contribution in [0.15, 0.2) is 35.7 Å². The van der Waals surface area contributed by atoms with Gasteiger partial charge in [-0.15, -0.1) is 11.3 Å². The number of carbonyl (C=O) groups is 2. The van der Waals surface area contributed by atoms with Crippen LogP contribution in [0, 0.1) is 0 Å². The van der Waals surface area contributed by atoms with Gasteiger partial charge in [-0.25, -0.2) is 0 Å². The molecule has 25 heavy (non-hydrogen) atoms. The average molecular weight is 362 g/mol. The van der Waals surface area contributed by atoms with Crippen molar-refractivity contribution in [1.29, 1.82) is 0 Å². The highest BCUT2D eigenvalue weighted by molar-refractivity contribution is 7.12. The van der Waals surface area contributed by atoms with Crippen molar-refractivity contribution in [2.24, 2.45) is 0 Å². The number of thiophene rings is 1. The minimum atomic E-state index is -0.0983. The fourth-order valence-electron chi connectivity index (χ4n) is 2.20. The van der Waals surface area contributed by atoms with Crippen molar-refractivity contribution in [3.63, 3.8) is 0 Å². The van der Waals surface area contributed by atoms with Crippen LogP contribution in [0.5, 0.6) is 11.5 Å². The van der Waals surface area contributed by atoms with Crippen molar-refractivity contribution in [2.45, 2.75) is 19.4 Å². The molecule has 1 aromatic heterocycles. The molecular weight excluding hydrogens is 340 g/mol. The van der Waals surface area contributed by atoms with Crippen molar-refractivity contribution in [3.8, 4) is 11.5 Å². The van der Waals surface area contributed by atoms with Gasteiger partial charge in [0.05, 0.1) is 19.1 Å². The van der Waals surface area contributed by atoms with E-state index in [-0.39, 0.29) is 11.8 Å². The first-order valence-electron chi connectivity index (χ1n) is 7.92. The highest BCUT2D eigenvalue weighted by Crippen LogP contribution is 2.22. The Morgan fingerprint density at radius 1 is 1.08 bits per heavy atom. The molecule has 0 aliphatic rings. The highest BCUT2D eigenvalue weighted by Gasteiger charge is 2.07. The van der Waals surface area contributed by atoms with Gasteiger partial charge in [-0.2, -0.15) is 0 Å². The predicted octanol–water partition coefficient (Wildman–Crippen LogP) is 2.59. The average Bonchev–Trinajstić information content (AvgIpc) is 3.17. The first-order chi connectivity index (χ1) is 12.1. The monoisotopic (exact) mass is 362 g/mol. The topological polar surface area (TPSA) is 76.7 Å². The van der Waals surface area contributed by atoms with Crippen molar-refractivity contribution in [1.82, 2.24) is 10.6 Å². The van der Waals surface area contributed by atoms with E-state index in [0.717, 1.165) is 5.56 Å². The van der Waals surface area contributed by atoms with Gasteiger partial charge in [0.15, 0.2) is 0 Å². The molecule has 0 aliphatic heterocycles. The van der Waals surface area contributed by atoms with Crippen molar-refractivity contribution >= 4 is 23.2 Å². The zero-order chi connectivity index (χ0) is 18.1. The Labute approximate surface area is 151 Å². The van der Waals surface area contributed by atoms with Crippen LogP contribution in [0.1, 0.15) is 28.1 Å². The summed E-state index contributed by atoms with van der Waals surface area (Å²) in [5, 5.41) is 7.52. The van der Waals surface area contributed by atoms with E-state index in [1.165, 1.54) is 11.3 Å². The largest absolute Gasteiger partial charge is 0.497 e. The zero-order valence-electron chi connectivity index (χ0n) is 14.3. The molecule has 0 fully saturated rings. The lowest BCUT2D eigenvalue weighted by Gasteiger charge is -2.10. The molecule has 0 bridgehead atoms. The summed E-state index contributed by atoms with van der Waals surface area (Å²) in [5.74, 6) is 1.20. The summed E-state index contributed by atoms with van der Waals surface area (Å²) in [4.78, 5) is 24.3. The molecule has 0 aliphatic carbocycles. The number of ether oxygens (including phenoxy) is 2. The molecule has 1 heterocycles. The maximum absolute atomic E-state index is 11.9. The fourth-order valence-corrected chi connectivity index (χ4v) is 2.84. The molecule has 7 heteroatoms. The molecule has 0 spiro atoms. The molecule has 1 aromatic carbocycles. The van der Waals surface area contributed by atoms with Gasteiger partial charge in [-0.05, 0) is 35.6 Å². The summed E-state index contributed by atoms with van der Waals surface area (Å²) in [7, 11) is 3.17. The Hall–Kier alpha value is -2.54. The number of hydrogen-bond donors (Lipinski definition) is 2. The van der Waals surface area contributed by atoms with E-state index >= 15 is 0 Å².